The van der Waals surface area contributed by atoms with E-state index in [1.807, 2.05) is 0 Å². The number of carbonyl (C=O) groups excluding carboxylic acids is 3. The van der Waals surface area contributed by atoms with Crippen LogP contribution in [0.15, 0.2) is 0 Å². The maximum Gasteiger partial charge on any atom is 0.306 e. The Morgan fingerprint density at radius 3 is 0.754 bits per heavy atom. The minimum Gasteiger partial charge on any atom is -0.462 e. The summed E-state index contributed by atoms with van der Waals surface area (Å²) in [5.41, 5.74) is 0. The van der Waals surface area contributed by atoms with Crippen LogP contribution in [-0.4, -0.2) is 37.2 Å². The molecule has 0 amide bonds. The maximum absolute atomic E-state index is 12.8. The molecule has 0 N–H and O–H groups in total. The third kappa shape index (κ3) is 53.2. The average Bonchev–Trinajstić information content (AvgIpc) is 3.28. The van der Waals surface area contributed by atoms with Crippen LogP contribution in [-0.2, 0) is 28.6 Å². The summed E-state index contributed by atoms with van der Waals surface area (Å²) in [6, 6.07) is 0. The SMILES string of the molecule is CCCCCCCCCCCCCCCC(=O)O[C@@H](COC(=O)CCCCCCCCCCCCCCCCCCCCC(C)C)COC(=O)CCCCCCCCCCCCC(C)C. The molecule has 0 aromatic heterocycles. The minimum absolute atomic E-state index is 0.0626. The van der Waals surface area contributed by atoms with Crippen molar-refractivity contribution in [3.05, 3.63) is 0 Å². The van der Waals surface area contributed by atoms with Crippen molar-refractivity contribution in [2.45, 2.75) is 336 Å². The van der Waals surface area contributed by atoms with Crippen LogP contribution in [0.3, 0.4) is 0 Å². The van der Waals surface area contributed by atoms with Crippen LogP contribution in [0.2, 0.25) is 0 Å². The van der Waals surface area contributed by atoms with Gasteiger partial charge >= 0.3 is 17.9 Å². The first kappa shape index (κ1) is 63.4. The molecule has 0 rings (SSSR count). The van der Waals surface area contributed by atoms with E-state index in [0.717, 1.165) is 69.6 Å². The Bertz CT molecular complexity index is 993. The Morgan fingerprint density at radius 2 is 0.508 bits per heavy atom. The van der Waals surface area contributed by atoms with E-state index in [1.54, 1.807) is 0 Å². The van der Waals surface area contributed by atoms with Crippen LogP contribution in [0.5, 0.6) is 0 Å². The van der Waals surface area contributed by atoms with Gasteiger partial charge in [0.2, 0.25) is 0 Å². The fourth-order valence-electron chi connectivity index (χ4n) is 9.05. The smallest absolute Gasteiger partial charge is 0.306 e. The molecule has 6 nitrogen and oxygen atoms in total. The first-order chi connectivity index (χ1) is 31.7. The fraction of sp³-hybridized carbons (Fsp3) is 0.949. The Morgan fingerprint density at radius 1 is 0.292 bits per heavy atom. The Balaban J connectivity index is 4.23. The molecule has 0 spiro atoms. The molecule has 0 aromatic rings. The van der Waals surface area contributed by atoms with Crippen LogP contribution in [0.4, 0.5) is 0 Å². The molecule has 0 aromatic carbocycles. The van der Waals surface area contributed by atoms with E-state index in [1.165, 1.54) is 218 Å². The van der Waals surface area contributed by atoms with Crippen LogP contribution in [0.1, 0.15) is 330 Å². The average molecular weight is 920 g/mol. The lowest BCUT2D eigenvalue weighted by molar-refractivity contribution is -0.167. The molecule has 65 heavy (non-hydrogen) atoms. The molecule has 0 bridgehead atoms. The molecule has 0 aliphatic rings. The molecular formula is C59H114O6. The largest absolute Gasteiger partial charge is 0.462 e. The Labute approximate surface area is 406 Å². The normalized spacial score (nSPS) is 12.0. The number of rotatable bonds is 53. The summed E-state index contributed by atoms with van der Waals surface area (Å²) < 4.78 is 16.9. The van der Waals surface area contributed by atoms with Crippen LogP contribution in [0.25, 0.3) is 0 Å². The van der Waals surface area contributed by atoms with E-state index in [0.29, 0.717) is 19.3 Å². The van der Waals surface area contributed by atoms with Gasteiger partial charge in [-0.05, 0) is 31.1 Å². The Kier molecular flexibility index (Phi) is 50.5. The van der Waals surface area contributed by atoms with Gasteiger partial charge in [0.15, 0.2) is 6.10 Å². The maximum atomic E-state index is 12.8. The molecular weight excluding hydrogens is 805 g/mol. The van der Waals surface area contributed by atoms with Gasteiger partial charge in [0.1, 0.15) is 13.2 Å². The lowest BCUT2D eigenvalue weighted by atomic mass is 10.0. The molecule has 0 saturated heterocycles. The summed E-state index contributed by atoms with van der Waals surface area (Å²) in [4.78, 5) is 38.1. The van der Waals surface area contributed by atoms with E-state index in [9.17, 15) is 14.4 Å². The zero-order valence-electron chi connectivity index (χ0n) is 44.6. The molecule has 6 heteroatoms. The van der Waals surface area contributed by atoms with Crippen LogP contribution >= 0.6 is 0 Å². The van der Waals surface area contributed by atoms with E-state index in [2.05, 4.69) is 34.6 Å². The van der Waals surface area contributed by atoms with Gasteiger partial charge in [-0.2, -0.15) is 0 Å². The fourth-order valence-corrected chi connectivity index (χ4v) is 9.05. The highest BCUT2D eigenvalue weighted by atomic mass is 16.6. The second-order valence-corrected chi connectivity index (χ2v) is 21.2. The molecule has 0 aliphatic heterocycles. The predicted octanol–water partition coefficient (Wildman–Crippen LogP) is 19.3. The van der Waals surface area contributed by atoms with Gasteiger partial charge in [0.05, 0.1) is 0 Å². The first-order valence-electron chi connectivity index (χ1n) is 29.2. The second kappa shape index (κ2) is 51.8. The molecule has 0 saturated carbocycles. The standard InChI is InChI=1S/C59H114O6/c1-6-7-8-9-10-11-12-19-24-31-36-41-46-51-59(62)65-56(53-64-58(61)50-45-40-35-30-26-25-28-33-38-43-48-55(4)5)52-63-57(60)49-44-39-34-29-23-21-18-16-14-13-15-17-20-22-27-32-37-42-47-54(2)3/h54-56H,6-53H2,1-5H3/t56-/m0/s1. The van der Waals surface area contributed by atoms with Crippen molar-refractivity contribution in [3.8, 4) is 0 Å². The quantitative estimate of drug-likeness (QED) is 0.0344. The van der Waals surface area contributed by atoms with Gasteiger partial charge in [0, 0.05) is 19.3 Å². The first-order valence-corrected chi connectivity index (χ1v) is 29.2. The van der Waals surface area contributed by atoms with Crippen molar-refractivity contribution in [1.29, 1.82) is 0 Å². The van der Waals surface area contributed by atoms with Gasteiger partial charge in [-0.25, -0.2) is 0 Å². The number of carbonyl (C=O) groups is 3. The van der Waals surface area contributed by atoms with Crippen molar-refractivity contribution in [3.63, 3.8) is 0 Å². The van der Waals surface area contributed by atoms with Crippen molar-refractivity contribution >= 4 is 17.9 Å². The summed E-state index contributed by atoms with van der Waals surface area (Å²) in [6.45, 7) is 11.4. The molecule has 0 radical (unpaired) electrons. The summed E-state index contributed by atoms with van der Waals surface area (Å²) >= 11 is 0. The highest BCUT2D eigenvalue weighted by Crippen LogP contribution is 2.18. The molecule has 0 heterocycles. The number of esters is 3. The summed E-state index contributed by atoms with van der Waals surface area (Å²) in [7, 11) is 0. The monoisotopic (exact) mass is 919 g/mol. The molecule has 386 valence electrons. The lowest BCUT2D eigenvalue weighted by Gasteiger charge is -2.18. The topological polar surface area (TPSA) is 78.9 Å². The van der Waals surface area contributed by atoms with Crippen molar-refractivity contribution in [2.75, 3.05) is 13.2 Å². The number of hydrogen-bond acceptors (Lipinski definition) is 6. The summed E-state index contributed by atoms with van der Waals surface area (Å²) in [5.74, 6) is 0.838. The third-order valence-corrected chi connectivity index (χ3v) is 13.5. The van der Waals surface area contributed by atoms with Crippen molar-refractivity contribution < 1.29 is 28.6 Å². The van der Waals surface area contributed by atoms with Gasteiger partial charge in [-0.15, -0.1) is 0 Å². The van der Waals surface area contributed by atoms with Gasteiger partial charge in [0.25, 0.3) is 0 Å². The van der Waals surface area contributed by atoms with Crippen LogP contribution in [0, 0.1) is 11.8 Å². The predicted molar refractivity (Wildman–Crippen MR) is 280 cm³/mol. The summed E-state index contributed by atoms with van der Waals surface area (Å²) in [5, 5.41) is 0. The van der Waals surface area contributed by atoms with E-state index >= 15 is 0 Å². The molecule has 1 atom stereocenters. The highest BCUT2D eigenvalue weighted by Gasteiger charge is 2.19. The van der Waals surface area contributed by atoms with Crippen LogP contribution < -0.4 is 0 Å². The number of unbranched alkanes of at least 4 members (excludes halogenated alkanes) is 38. The number of hydrogen-bond donors (Lipinski definition) is 0. The van der Waals surface area contributed by atoms with Gasteiger partial charge < -0.3 is 14.2 Å². The zero-order chi connectivity index (χ0) is 47.5. The van der Waals surface area contributed by atoms with E-state index in [4.69, 9.17) is 14.2 Å². The highest BCUT2D eigenvalue weighted by molar-refractivity contribution is 5.71. The minimum atomic E-state index is -0.762. The molecule has 0 aliphatic carbocycles. The Hall–Kier alpha value is -1.59. The zero-order valence-corrected chi connectivity index (χ0v) is 44.6. The van der Waals surface area contributed by atoms with Crippen molar-refractivity contribution in [1.82, 2.24) is 0 Å². The lowest BCUT2D eigenvalue weighted by Crippen LogP contribution is -2.30. The second-order valence-electron chi connectivity index (χ2n) is 21.2. The third-order valence-electron chi connectivity index (χ3n) is 13.5. The van der Waals surface area contributed by atoms with Gasteiger partial charge in [-0.1, -0.05) is 291 Å². The summed E-state index contributed by atoms with van der Waals surface area (Å²) in [6.07, 6.45) is 55.3. The van der Waals surface area contributed by atoms with Crippen molar-refractivity contribution in [2.24, 2.45) is 11.8 Å². The van der Waals surface area contributed by atoms with Gasteiger partial charge in [-0.3, -0.25) is 14.4 Å². The van der Waals surface area contributed by atoms with E-state index in [-0.39, 0.29) is 31.1 Å². The number of ether oxygens (including phenoxy) is 3. The molecule has 0 unspecified atom stereocenters. The van der Waals surface area contributed by atoms with E-state index < -0.39 is 6.10 Å². The molecule has 0 fully saturated rings.